The number of hydrogen-bond acceptors (Lipinski definition) is 2. The summed E-state index contributed by atoms with van der Waals surface area (Å²) in [5, 5.41) is 2.97. The third kappa shape index (κ3) is 3.24. The first-order valence-electron chi connectivity index (χ1n) is 8.62. The van der Waals surface area contributed by atoms with E-state index in [-0.39, 0.29) is 35.9 Å². The van der Waals surface area contributed by atoms with Gasteiger partial charge in [-0.05, 0) is 43.9 Å². The van der Waals surface area contributed by atoms with Crippen molar-refractivity contribution < 1.29 is 9.59 Å². The van der Waals surface area contributed by atoms with Gasteiger partial charge in [-0.3, -0.25) is 9.59 Å². The number of carbonyl (C=O) groups excluding carboxylic acids is 2. The first-order chi connectivity index (χ1) is 9.99. The van der Waals surface area contributed by atoms with Crippen LogP contribution in [0.4, 0.5) is 0 Å². The molecule has 4 heteroatoms. The zero-order valence-corrected chi connectivity index (χ0v) is 13.9. The molecular formula is C17H30N2O2. The Labute approximate surface area is 128 Å². The Morgan fingerprint density at radius 2 is 1.81 bits per heavy atom. The van der Waals surface area contributed by atoms with E-state index in [1.165, 1.54) is 12.8 Å². The minimum absolute atomic E-state index is 0.0426. The smallest absolute Gasteiger partial charge is 0.246 e. The van der Waals surface area contributed by atoms with Crippen LogP contribution in [0.15, 0.2) is 0 Å². The molecule has 120 valence electrons. The molecule has 0 aromatic carbocycles. The summed E-state index contributed by atoms with van der Waals surface area (Å²) in [5.74, 6) is 1.14. The van der Waals surface area contributed by atoms with Crippen LogP contribution in [0, 0.1) is 11.8 Å². The van der Waals surface area contributed by atoms with Gasteiger partial charge in [0.25, 0.3) is 0 Å². The third-order valence-corrected chi connectivity index (χ3v) is 5.44. The van der Waals surface area contributed by atoms with Gasteiger partial charge in [-0.2, -0.15) is 0 Å². The summed E-state index contributed by atoms with van der Waals surface area (Å²) in [4.78, 5) is 27.3. The Morgan fingerprint density at radius 1 is 1.19 bits per heavy atom. The molecule has 1 N–H and O–H groups in total. The average Bonchev–Trinajstić information content (AvgIpc) is 2.49. The molecule has 0 aromatic heterocycles. The molecule has 1 aliphatic heterocycles. The van der Waals surface area contributed by atoms with Gasteiger partial charge in [-0.15, -0.1) is 0 Å². The highest BCUT2D eigenvalue weighted by Gasteiger charge is 2.44. The van der Waals surface area contributed by atoms with Crippen LogP contribution in [0.2, 0.25) is 0 Å². The predicted octanol–water partition coefficient (Wildman–Crippen LogP) is 2.72. The molecule has 4 nitrogen and oxygen atoms in total. The molecule has 2 aliphatic rings. The van der Waals surface area contributed by atoms with Gasteiger partial charge in [-0.25, -0.2) is 0 Å². The number of amides is 2. The molecule has 3 unspecified atom stereocenters. The molecule has 2 amide bonds. The lowest BCUT2D eigenvalue weighted by atomic mass is 9.84. The van der Waals surface area contributed by atoms with E-state index in [2.05, 4.69) is 26.1 Å². The first kappa shape index (κ1) is 16.3. The van der Waals surface area contributed by atoms with Crippen LogP contribution in [0.5, 0.6) is 0 Å². The number of nitrogens with zero attached hydrogens (tertiary/aromatic N) is 1. The molecule has 1 saturated carbocycles. The normalized spacial score (nSPS) is 35.5. The lowest BCUT2D eigenvalue weighted by Gasteiger charge is -2.46. The lowest BCUT2D eigenvalue weighted by molar-refractivity contribution is -0.154. The zero-order chi connectivity index (χ0) is 15.6. The van der Waals surface area contributed by atoms with Crippen molar-refractivity contribution in [2.75, 3.05) is 0 Å². The van der Waals surface area contributed by atoms with E-state index >= 15 is 0 Å². The highest BCUT2D eigenvalue weighted by molar-refractivity contribution is 5.97. The van der Waals surface area contributed by atoms with Crippen molar-refractivity contribution in [1.82, 2.24) is 10.2 Å². The molecule has 3 atom stereocenters. The molecule has 1 heterocycles. The second kappa shape index (κ2) is 6.80. The maximum absolute atomic E-state index is 12.9. The quantitative estimate of drug-likeness (QED) is 0.866. The fraction of sp³-hybridized carbons (Fsp3) is 0.882. The van der Waals surface area contributed by atoms with Crippen molar-refractivity contribution in [2.24, 2.45) is 11.8 Å². The van der Waals surface area contributed by atoms with Crippen molar-refractivity contribution in [1.29, 1.82) is 0 Å². The number of piperazine rings is 1. The van der Waals surface area contributed by atoms with E-state index in [4.69, 9.17) is 0 Å². The Morgan fingerprint density at radius 3 is 2.33 bits per heavy atom. The molecule has 2 fully saturated rings. The molecule has 0 radical (unpaired) electrons. The predicted molar refractivity (Wildman–Crippen MR) is 83.7 cm³/mol. The SMILES string of the molecule is CCC(C)C1NC(=O)C(CC)N(C2CCC(C)CC2)C1=O. The number of nitrogens with one attached hydrogen (secondary N) is 1. The van der Waals surface area contributed by atoms with Crippen LogP contribution in [0.3, 0.4) is 0 Å². The average molecular weight is 294 g/mol. The Kier molecular flexibility index (Phi) is 5.28. The maximum Gasteiger partial charge on any atom is 0.246 e. The van der Waals surface area contributed by atoms with Crippen molar-refractivity contribution in [3.63, 3.8) is 0 Å². The van der Waals surface area contributed by atoms with Gasteiger partial charge in [-0.1, -0.05) is 34.1 Å². The minimum Gasteiger partial charge on any atom is -0.342 e. The Bertz CT molecular complexity index is 388. The highest BCUT2D eigenvalue weighted by atomic mass is 16.2. The molecule has 0 bridgehead atoms. The topological polar surface area (TPSA) is 49.4 Å². The Hall–Kier alpha value is -1.06. The summed E-state index contributed by atoms with van der Waals surface area (Å²) in [6, 6.07) is -0.336. The van der Waals surface area contributed by atoms with E-state index in [9.17, 15) is 9.59 Å². The van der Waals surface area contributed by atoms with E-state index in [0.29, 0.717) is 6.42 Å². The molecule has 1 saturated heterocycles. The number of carbonyl (C=O) groups is 2. The fourth-order valence-corrected chi connectivity index (χ4v) is 3.71. The second-order valence-electron chi connectivity index (χ2n) is 6.96. The lowest BCUT2D eigenvalue weighted by Crippen LogP contribution is -2.67. The van der Waals surface area contributed by atoms with Crippen molar-refractivity contribution >= 4 is 11.8 Å². The van der Waals surface area contributed by atoms with E-state index in [1.807, 2.05) is 11.8 Å². The van der Waals surface area contributed by atoms with Gasteiger partial charge in [0.05, 0.1) is 0 Å². The van der Waals surface area contributed by atoms with Crippen LogP contribution in [0.25, 0.3) is 0 Å². The molecule has 1 aliphatic carbocycles. The van der Waals surface area contributed by atoms with E-state index in [1.54, 1.807) is 0 Å². The van der Waals surface area contributed by atoms with Crippen LogP contribution >= 0.6 is 0 Å². The molecule has 0 aromatic rings. The van der Waals surface area contributed by atoms with Gasteiger partial charge >= 0.3 is 0 Å². The standard InChI is InChI=1S/C17H30N2O2/c1-5-12(4)15-17(21)19(14(6-2)16(20)18-15)13-9-7-11(3)8-10-13/h11-15H,5-10H2,1-4H3,(H,18,20). The van der Waals surface area contributed by atoms with Crippen LogP contribution in [-0.2, 0) is 9.59 Å². The minimum atomic E-state index is -0.329. The zero-order valence-electron chi connectivity index (χ0n) is 13.9. The summed E-state index contributed by atoms with van der Waals surface area (Å²) >= 11 is 0. The Balaban J connectivity index is 2.20. The van der Waals surface area contributed by atoms with Gasteiger partial charge in [0.2, 0.25) is 11.8 Å². The van der Waals surface area contributed by atoms with Crippen molar-refractivity contribution in [3.8, 4) is 0 Å². The summed E-state index contributed by atoms with van der Waals surface area (Å²) in [6.45, 7) is 8.40. The molecular weight excluding hydrogens is 264 g/mol. The van der Waals surface area contributed by atoms with Gasteiger partial charge in [0.15, 0.2) is 0 Å². The van der Waals surface area contributed by atoms with Gasteiger partial charge in [0.1, 0.15) is 12.1 Å². The summed E-state index contributed by atoms with van der Waals surface area (Å²) in [7, 11) is 0. The van der Waals surface area contributed by atoms with E-state index < -0.39 is 0 Å². The summed E-state index contributed by atoms with van der Waals surface area (Å²) in [5.41, 5.74) is 0. The summed E-state index contributed by atoms with van der Waals surface area (Å²) < 4.78 is 0. The van der Waals surface area contributed by atoms with Gasteiger partial charge in [0, 0.05) is 6.04 Å². The number of hydrogen-bond donors (Lipinski definition) is 1. The fourth-order valence-electron chi connectivity index (χ4n) is 3.71. The van der Waals surface area contributed by atoms with Crippen LogP contribution < -0.4 is 5.32 Å². The van der Waals surface area contributed by atoms with Crippen LogP contribution in [-0.4, -0.2) is 34.8 Å². The van der Waals surface area contributed by atoms with E-state index in [0.717, 1.165) is 25.2 Å². The molecule has 2 rings (SSSR count). The first-order valence-corrected chi connectivity index (χ1v) is 8.62. The second-order valence-corrected chi connectivity index (χ2v) is 6.96. The third-order valence-electron chi connectivity index (χ3n) is 5.44. The maximum atomic E-state index is 12.9. The van der Waals surface area contributed by atoms with Crippen molar-refractivity contribution in [3.05, 3.63) is 0 Å². The van der Waals surface area contributed by atoms with Gasteiger partial charge < -0.3 is 10.2 Å². The monoisotopic (exact) mass is 294 g/mol. The largest absolute Gasteiger partial charge is 0.342 e. The van der Waals surface area contributed by atoms with Crippen molar-refractivity contribution in [2.45, 2.75) is 84.3 Å². The molecule has 21 heavy (non-hydrogen) atoms. The van der Waals surface area contributed by atoms with Crippen LogP contribution in [0.1, 0.15) is 66.2 Å². The molecule has 0 spiro atoms. The summed E-state index contributed by atoms with van der Waals surface area (Å²) in [6.07, 6.45) is 6.04. The number of rotatable bonds is 4. The highest BCUT2D eigenvalue weighted by Crippen LogP contribution is 2.31.